The topological polar surface area (TPSA) is 32.3 Å². The highest BCUT2D eigenvalue weighted by molar-refractivity contribution is 5.78. The normalized spacial score (nSPS) is 16.8. The highest BCUT2D eigenvalue weighted by Gasteiger charge is 2.16. The summed E-state index contributed by atoms with van der Waals surface area (Å²) in [6.45, 7) is 6.66. The fourth-order valence-electron chi connectivity index (χ4n) is 2.87. The van der Waals surface area contributed by atoms with Gasteiger partial charge >= 0.3 is 0 Å². The monoisotopic (exact) mass is 288 g/mol. The van der Waals surface area contributed by atoms with E-state index in [1.807, 2.05) is 4.90 Å². The molecule has 0 saturated carbocycles. The van der Waals surface area contributed by atoms with E-state index >= 15 is 0 Å². The number of carbonyl (C=O) groups excluding carboxylic acids is 1. The minimum Gasteiger partial charge on any atom is -0.342 e. The number of hydrogen-bond acceptors (Lipinski definition) is 2. The molecule has 1 aromatic rings. The summed E-state index contributed by atoms with van der Waals surface area (Å²) in [6.07, 6.45) is 5.72. The van der Waals surface area contributed by atoms with Gasteiger partial charge in [-0.25, -0.2) is 0 Å². The van der Waals surface area contributed by atoms with Crippen LogP contribution < -0.4 is 5.32 Å². The summed E-state index contributed by atoms with van der Waals surface area (Å²) in [5, 5.41) is 3.37. The van der Waals surface area contributed by atoms with Crippen molar-refractivity contribution in [2.45, 2.75) is 52.0 Å². The van der Waals surface area contributed by atoms with Gasteiger partial charge in [0.05, 0.1) is 6.54 Å². The average molecular weight is 288 g/mol. The molecule has 1 atom stereocenters. The van der Waals surface area contributed by atoms with E-state index in [4.69, 9.17) is 0 Å². The molecule has 1 N–H and O–H groups in total. The second-order valence-electron chi connectivity index (χ2n) is 6.25. The molecule has 3 heteroatoms. The number of nitrogens with one attached hydrogen (secondary N) is 1. The molecule has 1 saturated heterocycles. The van der Waals surface area contributed by atoms with Gasteiger partial charge in [0.25, 0.3) is 0 Å². The molecule has 1 fully saturated rings. The van der Waals surface area contributed by atoms with Crippen molar-refractivity contribution in [3.8, 4) is 0 Å². The number of carbonyl (C=O) groups is 1. The fourth-order valence-corrected chi connectivity index (χ4v) is 2.87. The molecule has 0 aromatic heterocycles. The molecule has 116 valence electrons. The van der Waals surface area contributed by atoms with Gasteiger partial charge in [-0.15, -0.1) is 0 Å². The third-order valence-corrected chi connectivity index (χ3v) is 4.26. The lowest BCUT2D eigenvalue weighted by Gasteiger charge is -2.27. The Kier molecular flexibility index (Phi) is 6.24. The van der Waals surface area contributed by atoms with Crippen molar-refractivity contribution in [1.29, 1.82) is 0 Å². The molecule has 2 rings (SSSR count). The summed E-state index contributed by atoms with van der Waals surface area (Å²) in [6, 6.07) is 9.04. The quantitative estimate of drug-likeness (QED) is 0.873. The Morgan fingerprint density at radius 1 is 1.29 bits per heavy atom. The molecule has 0 aliphatic carbocycles. The molecule has 0 radical (unpaired) electrons. The van der Waals surface area contributed by atoms with Crippen molar-refractivity contribution in [2.24, 2.45) is 0 Å². The van der Waals surface area contributed by atoms with Crippen LogP contribution in [0.25, 0.3) is 0 Å². The summed E-state index contributed by atoms with van der Waals surface area (Å²) in [4.78, 5) is 14.1. The molecule has 1 heterocycles. The second-order valence-corrected chi connectivity index (χ2v) is 6.25. The van der Waals surface area contributed by atoms with Gasteiger partial charge in [0.15, 0.2) is 0 Å². The van der Waals surface area contributed by atoms with Crippen LogP contribution in [0.15, 0.2) is 24.3 Å². The van der Waals surface area contributed by atoms with Crippen molar-refractivity contribution in [3.05, 3.63) is 35.4 Å². The minimum atomic E-state index is 0.261. The zero-order chi connectivity index (χ0) is 15.1. The fraction of sp³-hybridized carbons (Fsp3) is 0.611. The van der Waals surface area contributed by atoms with E-state index in [0.717, 1.165) is 38.8 Å². The van der Waals surface area contributed by atoms with Crippen LogP contribution >= 0.6 is 0 Å². The van der Waals surface area contributed by atoms with Crippen LogP contribution in [0.1, 0.15) is 43.7 Å². The number of nitrogens with zero attached hydrogens (tertiary/aromatic N) is 1. The molecular weight excluding hydrogens is 260 g/mol. The van der Waals surface area contributed by atoms with Gasteiger partial charge in [0, 0.05) is 19.1 Å². The standard InChI is InChI=1S/C18H28N2O/c1-15-7-6-8-17(13-15)10-9-16(2)19-14-18(21)20-11-4-3-5-12-20/h6-8,13,16,19H,3-5,9-12,14H2,1-2H3. The average Bonchev–Trinajstić information content (AvgIpc) is 2.51. The Hall–Kier alpha value is -1.35. The molecule has 1 amide bonds. The Balaban J connectivity index is 1.67. The lowest BCUT2D eigenvalue weighted by molar-refractivity contribution is -0.131. The lowest BCUT2D eigenvalue weighted by Crippen LogP contribution is -2.43. The van der Waals surface area contributed by atoms with E-state index in [0.29, 0.717) is 12.6 Å². The maximum Gasteiger partial charge on any atom is 0.236 e. The SMILES string of the molecule is Cc1cccc(CCC(C)NCC(=O)N2CCCCC2)c1. The maximum atomic E-state index is 12.1. The molecule has 0 bridgehead atoms. The summed E-state index contributed by atoms with van der Waals surface area (Å²) in [5.74, 6) is 0.261. The number of piperidine rings is 1. The van der Waals surface area contributed by atoms with E-state index in [1.54, 1.807) is 0 Å². The largest absolute Gasteiger partial charge is 0.342 e. The van der Waals surface area contributed by atoms with Crippen molar-refractivity contribution in [2.75, 3.05) is 19.6 Å². The van der Waals surface area contributed by atoms with Gasteiger partial charge in [0.2, 0.25) is 5.91 Å². The van der Waals surface area contributed by atoms with Crippen LogP contribution in [0.3, 0.4) is 0 Å². The van der Waals surface area contributed by atoms with E-state index < -0.39 is 0 Å². The van der Waals surface area contributed by atoms with Crippen LogP contribution in [0, 0.1) is 6.92 Å². The number of amides is 1. The first-order valence-corrected chi connectivity index (χ1v) is 8.22. The van der Waals surface area contributed by atoms with Gasteiger partial charge in [-0.1, -0.05) is 29.8 Å². The van der Waals surface area contributed by atoms with Gasteiger partial charge in [0.1, 0.15) is 0 Å². The second kappa shape index (κ2) is 8.18. The lowest BCUT2D eigenvalue weighted by atomic mass is 10.0. The number of aryl methyl sites for hydroxylation is 2. The van der Waals surface area contributed by atoms with Crippen molar-refractivity contribution >= 4 is 5.91 Å². The predicted octanol–water partition coefficient (Wildman–Crippen LogP) is 2.92. The van der Waals surface area contributed by atoms with Gasteiger partial charge < -0.3 is 10.2 Å². The summed E-state index contributed by atoms with van der Waals surface area (Å²) < 4.78 is 0. The molecule has 3 nitrogen and oxygen atoms in total. The Bertz CT molecular complexity index is 452. The van der Waals surface area contributed by atoms with Gasteiger partial charge in [-0.3, -0.25) is 4.79 Å². The summed E-state index contributed by atoms with van der Waals surface area (Å²) in [5.41, 5.74) is 2.69. The smallest absolute Gasteiger partial charge is 0.236 e. The van der Waals surface area contributed by atoms with E-state index in [2.05, 4.69) is 43.4 Å². The summed E-state index contributed by atoms with van der Waals surface area (Å²) in [7, 11) is 0. The molecule has 1 aliphatic heterocycles. The molecule has 21 heavy (non-hydrogen) atoms. The highest BCUT2D eigenvalue weighted by atomic mass is 16.2. The van der Waals surface area contributed by atoms with Gasteiger partial charge in [-0.2, -0.15) is 0 Å². The molecular formula is C18H28N2O. The predicted molar refractivity (Wildman–Crippen MR) is 87.4 cm³/mol. The number of benzene rings is 1. The first-order chi connectivity index (χ1) is 10.1. The first-order valence-electron chi connectivity index (χ1n) is 8.22. The first kappa shape index (κ1) is 16.0. The number of hydrogen-bond donors (Lipinski definition) is 1. The highest BCUT2D eigenvalue weighted by Crippen LogP contribution is 2.09. The van der Waals surface area contributed by atoms with Crippen LogP contribution in [-0.2, 0) is 11.2 Å². The molecule has 1 aromatic carbocycles. The third-order valence-electron chi connectivity index (χ3n) is 4.26. The Labute approximate surface area is 128 Å². The third kappa shape index (κ3) is 5.50. The van der Waals surface area contributed by atoms with Crippen molar-refractivity contribution in [3.63, 3.8) is 0 Å². The zero-order valence-electron chi connectivity index (χ0n) is 13.4. The van der Waals surface area contributed by atoms with Crippen LogP contribution in [0.5, 0.6) is 0 Å². The Morgan fingerprint density at radius 3 is 2.76 bits per heavy atom. The number of likely N-dealkylation sites (tertiary alicyclic amines) is 1. The van der Waals surface area contributed by atoms with Crippen LogP contribution in [0.4, 0.5) is 0 Å². The molecule has 1 aliphatic rings. The Morgan fingerprint density at radius 2 is 2.05 bits per heavy atom. The summed E-state index contributed by atoms with van der Waals surface area (Å²) >= 11 is 0. The zero-order valence-corrected chi connectivity index (χ0v) is 13.4. The van der Waals surface area contributed by atoms with Crippen LogP contribution in [-0.4, -0.2) is 36.5 Å². The maximum absolute atomic E-state index is 12.1. The molecule has 0 spiro atoms. The van der Waals surface area contributed by atoms with Gasteiger partial charge in [-0.05, 0) is 51.5 Å². The van der Waals surface area contributed by atoms with E-state index in [-0.39, 0.29) is 5.91 Å². The van der Waals surface area contributed by atoms with Crippen LogP contribution in [0.2, 0.25) is 0 Å². The van der Waals surface area contributed by atoms with E-state index in [1.165, 1.54) is 17.5 Å². The molecule has 1 unspecified atom stereocenters. The number of rotatable bonds is 6. The van der Waals surface area contributed by atoms with E-state index in [9.17, 15) is 4.79 Å². The van der Waals surface area contributed by atoms with Crippen molar-refractivity contribution in [1.82, 2.24) is 10.2 Å². The minimum absolute atomic E-state index is 0.261. The van der Waals surface area contributed by atoms with Crippen molar-refractivity contribution < 1.29 is 4.79 Å².